The number of carbonyl (C=O) groups is 1. The molecule has 2 aliphatic rings. The molecule has 2 heterocycles. The number of piperidine rings is 1. The quantitative estimate of drug-likeness (QED) is 0.715. The zero-order chi connectivity index (χ0) is 19.3. The third kappa shape index (κ3) is 5.30. The van der Waals surface area contributed by atoms with Gasteiger partial charge in [0.1, 0.15) is 0 Å². The number of nitrogens with one attached hydrogen (secondary N) is 1. The molecular weight excluding hydrogens is 362 g/mol. The van der Waals surface area contributed by atoms with Crippen LogP contribution < -0.4 is 5.32 Å². The van der Waals surface area contributed by atoms with E-state index in [9.17, 15) is 13.2 Å². The van der Waals surface area contributed by atoms with Gasteiger partial charge in [-0.05, 0) is 43.7 Å². The second-order valence-electron chi connectivity index (χ2n) is 7.54. The molecule has 0 aliphatic carbocycles. The molecule has 1 fully saturated rings. The molecule has 150 valence electrons. The number of sulfonamides is 1. The Kier molecular flexibility index (Phi) is 6.89. The van der Waals surface area contributed by atoms with Gasteiger partial charge in [-0.1, -0.05) is 24.3 Å². The van der Waals surface area contributed by atoms with E-state index in [-0.39, 0.29) is 17.6 Å². The summed E-state index contributed by atoms with van der Waals surface area (Å²) < 4.78 is 25.5. The van der Waals surface area contributed by atoms with Crippen molar-refractivity contribution in [2.24, 2.45) is 5.92 Å². The summed E-state index contributed by atoms with van der Waals surface area (Å²) in [4.78, 5) is 14.9. The highest BCUT2D eigenvalue weighted by molar-refractivity contribution is 7.89. The lowest BCUT2D eigenvalue weighted by Gasteiger charge is -2.31. The normalized spacial score (nSPS) is 21.6. The van der Waals surface area contributed by atoms with E-state index in [1.54, 1.807) is 6.92 Å². The molecule has 6 nitrogen and oxygen atoms in total. The van der Waals surface area contributed by atoms with E-state index in [0.717, 1.165) is 45.3 Å². The summed E-state index contributed by atoms with van der Waals surface area (Å²) in [5, 5.41) is 3.01. The van der Waals surface area contributed by atoms with Gasteiger partial charge in [0, 0.05) is 39.3 Å². The SMILES string of the molecule is CCS(=O)(=O)N1CCCC(C(=O)NCCCN2CCc3ccccc3C2)C1. The molecule has 1 atom stereocenters. The van der Waals surface area contributed by atoms with Crippen molar-refractivity contribution in [3.8, 4) is 0 Å². The molecule has 0 bridgehead atoms. The summed E-state index contributed by atoms with van der Waals surface area (Å²) in [6, 6.07) is 8.60. The number of nitrogens with zero attached hydrogens (tertiary/aromatic N) is 2. The standard InChI is InChI=1S/C20H31N3O3S/c1-2-27(25,26)23-13-5-9-19(16-23)20(24)21-11-6-12-22-14-10-17-7-3-4-8-18(17)15-22/h3-4,7-8,19H,2,5-6,9-16H2,1H3,(H,21,24). The van der Waals surface area contributed by atoms with Gasteiger partial charge in [-0.25, -0.2) is 12.7 Å². The molecule has 1 aromatic carbocycles. The Labute approximate surface area is 163 Å². The summed E-state index contributed by atoms with van der Waals surface area (Å²) in [5.74, 6) is -0.128. The largest absolute Gasteiger partial charge is 0.356 e. The Balaban J connectivity index is 1.39. The van der Waals surface area contributed by atoms with E-state index in [4.69, 9.17) is 0 Å². The van der Waals surface area contributed by atoms with E-state index in [0.29, 0.717) is 19.6 Å². The fourth-order valence-electron chi connectivity index (χ4n) is 4.00. The molecular formula is C20H31N3O3S. The highest BCUT2D eigenvalue weighted by Gasteiger charge is 2.31. The van der Waals surface area contributed by atoms with Gasteiger partial charge in [-0.15, -0.1) is 0 Å². The van der Waals surface area contributed by atoms with Crippen LogP contribution in [0.5, 0.6) is 0 Å². The predicted molar refractivity (Wildman–Crippen MR) is 107 cm³/mol. The number of rotatable bonds is 7. The first-order valence-electron chi connectivity index (χ1n) is 10.0. The number of benzene rings is 1. The van der Waals surface area contributed by atoms with Crippen molar-refractivity contribution >= 4 is 15.9 Å². The highest BCUT2D eigenvalue weighted by atomic mass is 32.2. The minimum absolute atomic E-state index is 0.00464. The van der Waals surface area contributed by atoms with Crippen molar-refractivity contribution in [3.05, 3.63) is 35.4 Å². The van der Waals surface area contributed by atoms with Crippen molar-refractivity contribution in [3.63, 3.8) is 0 Å². The Bertz CT molecular complexity index is 751. The van der Waals surface area contributed by atoms with Crippen molar-refractivity contribution in [1.29, 1.82) is 0 Å². The van der Waals surface area contributed by atoms with Gasteiger partial charge in [0.05, 0.1) is 11.7 Å². The van der Waals surface area contributed by atoms with Crippen molar-refractivity contribution in [1.82, 2.24) is 14.5 Å². The topological polar surface area (TPSA) is 69.7 Å². The predicted octanol–water partition coefficient (Wildman–Crippen LogP) is 1.61. The Morgan fingerprint density at radius 2 is 2.00 bits per heavy atom. The van der Waals surface area contributed by atoms with Crippen LogP contribution in [0.15, 0.2) is 24.3 Å². The van der Waals surface area contributed by atoms with E-state index in [2.05, 4.69) is 34.5 Å². The van der Waals surface area contributed by atoms with Crippen LogP contribution in [0, 0.1) is 5.92 Å². The Morgan fingerprint density at radius 3 is 2.78 bits per heavy atom. The molecule has 1 aromatic rings. The van der Waals surface area contributed by atoms with Crippen LogP contribution in [0.2, 0.25) is 0 Å². The summed E-state index contributed by atoms with van der Waals surface area (Å²) >= 11 is 0. The molecule has 1 amide bonds. The summed E-state index contributed by atoms with van der Waals surface area (Å²) in [7, 11) is -3.21. The zero-order valence-corrected chi connectivity index (χ0v) is 17.0. The fourth-order valence-corrected chi connectivity index (χ4v) is 5.17. The van der Waals surface area contributed by atoms with Gasteiger partial charge < -0.3 is 5.32 Å². The molecule has 0 spiro atoms. The number of hydrogen-bond acceptors (Lipinski definition) is 4. The van der Waals surface area contributed by atoms with Crippen molar-refractivity contribution < 1.29 is 13.2 Å². The van der Waals surface area contributed by atoms with Crippen molar-refractivity contribution in [2.45, 2.75) is 39.2 Å². The van der Waals surface area contributed by atoms with E-state index < -0.39 is 10.0 Å². The lowest BCUT2D eigenvalue weighted by Crippen LogP contribution is -2.46. The average molecular weight is 394 g/mol. The minimum atomic E-state index is -3.21. The zero-order valence-electron chi connectivity index (χ0n) is 16.2. The summed E-state index contributed by atoms with van der Waals surface area (Å²) in [5.41, 5.74) is 2.86. The molecule has 7 heteroatoms. The van der Waals surface area contributed by atoms with Crippen LogP contribution >= 0.6 is 0 Å². The molecule has 1 saturated heterocycles. The Hall–Kier alpha value is -1.44. The van der Waals surface area contributed by atoms with E-state index in [1.165, 1.54) is 15.4 Å². The van der Waals surface area contributed by atoms with Gasteiger partial charge in [-0.3, -0.25) is 9.69 Å². The summed E-state index contributed by atoms with van der Waals surface area (Å²) in [6.07, 6.45) is 3.53. The second kappa shape index (κ2) is 9.17. The molecule has 1 unspecified atom stereocenters. The number of carbonyl (C=O) groups excluding carboxylic acids is 1. The lowest BCUT2D eigenvalue weighted by molar-refractivity contribution is -0.126. The number of fused-ring (bicyclic) bond motifs is 1. The van der Waals surface area contributed by atoms with E-state index in [1.807, 2.05) is 0 Å². The van der Waals surface area contributed by atoms with Crippen LogP contribution in [0.3, 0.4) is 0 Å². The van der Waals surface area contributed by atoms with Crippen LogP contribution in [0.1, 0.15) is 37.3 Å². The van der Waals surface area contributed by atoms with Crippen LogP contribution in [0.4, 0.5) is 0 Å². The third-order valence-corrected chi connectivity index (χ3v) is 7.52. The molecule has 1 N–H and O–H groups in total. The van der Waals surface area contributed by atoms with Crippen LogP contribution in [0.25, 0.3) is 0 Å². The number of hydrogen-bond donors (Lipinski definition) is 1. The first-order chi connectivity index (χ1) is 13.0. The first-order valence-corrected chi connectivity index (χ1v) is 11.6. The van der Waals surface area contributed by atoms with Crippen LogP contribution in [-0.2, 0) is 27.8 Å². The number of amides is 1. The maximum absolute atomic E-state index is 12.4. The monoisotopic (exact) mass is 393 g/mol. The summed E-state index contributed by atoms with van der Waals surface area (Å²) in [6.45, 7) is 6.18. The molecule has 0 saturated carbocycles. The lowest BCUT2D eigenvalue weighted by atomic mass is 9.99. The minimum Gasteiger partial charge on any atom is -0.356 e. The van der Waals surface area contributed by atoms with E-state index >= 15 is 0 Å². The van der Waals surface area contributed by atoms with Gasteiger partial charge in [0.25, 0.3) is 0 Å². The third-order valence-electron chi connectivity index (χ3n) is 5.67. The average Bonchev–Trinajstić information content (AvgIpc) is 2.71. The molecule has 27 heavy (non-hydrogen) atoms. The molecule has 0 radical (unpaired) electrons. The second-order valence-corrected chi connectivity index (χ2v) is 9.79. The first kappa shape index (κ1) is 20.3. The van der Waals surface area contributed by atoms with Crippen molar-refractivity contribution in [2.75, 3.05) is 38.5 Å². The maximum Gasteiger partial charge on any atom is 0.224 e. The highest BCUT2D eigenvalue weighted by Crippen LogP contribution is 2.20. The molecule has 3 rings (SSSR count). The van der Waals surface area contributed by atoms with Gasteiger partial charge in [0.15, 0.2) is 0 Å². The Morgan fingerprint density at radius 1 is 1.22 bits per heavy atom. The maximum atomic E-state index is 12.4. The smallest absolute Gasteiger partial charge is 0.224 e. The van der Waals surface area contributed by atoms with Gasteiger partial charge >= 0.3 is 0 Å². The van der Waals surface area contributed by atoms with Gasteiger partial charge in [-0.2, -0.15) is 0 Å². The van der Waals surface area contributed by atoms with Crippen LogP contribution in [-0.4, -0.2) is 62.0 Å². The van der Waals surface area contributed by atoms with Gasteiger partial charge in [0.2, 0.25) is 15.9 Å². The fraction of sp³-hybridized carbons (Fsp3) is 0.650. The molecule has 2 aliphatic heterocycles. The molecule has 0 aromatic heterocycles.